The molecule has 146 valence electrons. The molecule has 0 amide bonds. The van der Waals surface area contributed by atoms with E-state index in [-0.39, 0.29) is 5.82 Å². The summed E-state index contributed by atoms with van der Waals surface area (Å²) in [4.78, 5) is 18.2. The van der Waals surface area contributed by atoms with Gasteiger partial charge in [0.25, 0.3) is 0 Å². The van der Waals surface area contributed by atoms with Gasteiger partial charge in [0.15, 0.2) is 11.5 Å². The number of aromatic amines is 1. The Bertz CT molecular complexity index is 1420. The maximum Gasteiger partial charge on any atom is 0.439 e. The molecule has 0 atom stereocenters. The number of aryl methyl sites for hydroxylation is 1. The van der Waals surface area contributed by atoms with Gasteiger partial charge >= 0.3 is 11.9 Å². The number of aromatic nitrogens is 5. The summed E-state index contributed by atoms with van der Waals surface area (Å²) in [6.07, 6.45) is -2.77. The second kappa shape index (κ2) is 5.84. The quantitative estimate of drug-likeness (QED) is 0.489. The van der Waals surface area contributed by atoms with E-state index < -0.39 is 17.5 Å². The molecule has 5 rings (SSSR count). The van der Waals surface area contributed by atoms with Crippen LogP contribution >= 0.6 is 0 Å². The first-order chi connectivity index (χ1) is 13.8. The molecule has 10 heteroatoms. The molecule has 7 nitrogen and oxygen atoms in total. The number of halogens is 3. The van der Waals surface area contributed by atoms with E-state index in [1.165, 1.54) is 12.1 Å². The highest BCUT2D eigenvalue weighted by Crippen LogP contribution is 2.35. The molecular formula is C19H12F3N5O2. The van der Waals surface area contributed by atoms with Crippen LogP contribution in [0.1, 0.15) is 5.56 Å². The van der Waals surface area contributed by atoms with Crippen LogP contribution in [0.15, 0.2) is 58.1 Å². The van der Waals surface area contributed by atoms with Crippen LogP contribution in [0.3, 0.4) is 0 Å². The van der Waals surface area contributed by atoms with Gasteiger partial charge in [-0.05, 0) is 42.5 Å². The third-order valence-electron chi connectivity index (χ3n) is 4.79. The van der Waals surface area contributed by atoms with Crippen molar-refractivity contribution in [2.24, 2.45) is 7.05 Å². The zero-order valence-electron chi connectivity index (χ0n) is 14.9. The summed E-state index contributed by atoms with van der Waals surface area (Å²) in [6.45, 7) is 0. The Kier molecular flexibility index (Phi) is 3.48. The van der Waals surface area contributed by atoms with Crippen LogP contribution in [-0.2, 0) is 13.2 Å². The number of alkyl halides is 3. The fourth-order valence-electron chi connectivity index (χ4n) is 3.49. The molecule has 0 unspecified atom stereocenters. The minimum absolute atomic E-state index is 0.287. The van der Waals surface area contributed by atoms with Crippen LogP contribution in [0.25, 0.3) is 39.1 Å². The molecule has 3 heterocycles. The molecule has 0 aliphatic heterocycles. The van der Waals surface area contributed by atoms with Crippen molar-refractivity contribution in [3.8, 4) is 17.1 Å². The van der Waals surface area contributed by atoms with E-state index in [2.05, 4.69) is 19.6 Å². The predicted octanol–water partition coefficient (Wildman–Crippen LogP) is 3.88. The molecule has 5 aromatic rings. The summed E-state index contributed by atoms with van der Waals surface area (Å²) in [6, 6.07) is 10.3. The number of imidazole rings is 1. The topological polar surface area (TPSA) is 81.6 Å². The van der Waals surface area contributed by atoms with Crippen molar-refractivity contribution in [2.75, 3.05) is 0 Å². The zero-order valence-corrected chi connectivity index (χ0v) is 14.9. The number of benzene rings is 2. The highest BCUT2D eigenvalue weighted by atomic mass is 19.4. The fraction of sp³-hybridized carbons (Fsp3) is 0.105. The fourth-order valence-corrected chi connectivity index (χ4v) is 3.49. The van der Waals surface area contributed by atoms with Gasteiger partial charge in [-0.25, -0.2) is 9.78 Å². The zero-order chi connectivity index (χ0) is 20.3. The van der Waals surface area contributed by atoms with Crippen LogP contribution < -0.4 is 5.76 Å². The van der Waals surface area contributed by atoms with Crippen molar-refractivity contribution in [1.29, 1.82) is 0 Å². The number of hydrogen-bond donors (Lipinski definition) is 1. The summed E-state index contributed by atoms with van der Waals surface area (Å²) in [5.74, 6) is -0.373. The van der Waals surface area contributed by atoms with E-state index in [1.54, 1.807) is 23.0 Å². The minimum Gasteiger partial charge on any atom is -0.332 e. The molecule has 0 radical (unpaired) electrons. The van der Waals surface area contributed by atoms with Crippen molar-refractivity contribution in [3.63, 3.8) is 0 Å². The summed E-state index contributed by atoms with van der Waals surface area (Å²) in [5.41, 5.74) is 2.64. The summed E-state index contributed by atoms with van der Waals surface area (Å²) in [7, 11) is 1.83. The normalized spacial score (nSPS) is 12.3. The highest BCUT2D eigenvalue weighted by molar-refractivity contribution is 6.07. The smallest absolute Gasteiger partial charge is 0.332 e. The Morgan fingerprint density at radius 3 is 2.52 bits per heavy atom. The Morgan fingerprint density at radius 2 is 1.86 bits per heavy atom. The van der Waals surface area contributed by atoms with Gasteiger partial charge in [-0.1, -0.05) is 5.16 Å². The highest BCUT2D eigenvalue weighted by Gasteiger charge is 2.30. The van der Waals surface area contributed by atoms with Gasteiger partial charge in [-0.3, -0.25) is 14.1 Å². The Balaban J connectivity index is 1.76. The van der Waals surface area contributed by atoms with Crippen molar-refractivity contribution in [1.82, 2.24) is 24.3 Å². The summed E-state index contributed by atoms with van der Waals surface area (Å²) < 4.78 is 46.9. The van der Waals surface area contributed by atoms with Gasteiger partial charge in [0.2, 0.25) is 0 Å². The van der Waals surface area contributed by atoms with E-state index in [0.717, 1.165) is 28.6 Å². The summed E-state index contributed by atoms with van der Waals surface area (Å²) >= 11 is 0. The summed E-state index contributed by atoms with van der Waals surface area (Å²) in [5, 5.41) is 4.51. The van der Waals surface area contributed by atoms with Crippen molar-refractivity contribution in [3.05, 3.63) is 64.9 Å². The maximum atomic E-state index is 12.9. The Labute approximate surface area is 160 Å². The lowest BCUT2D eigenvalue weighted by Gasteiger charge is -2.10. The monoisotopic (exact) mass is 399 g/mol. The Morgan fingerprint density at radius 1 is 1.10 bits per heavy atom. The molecule has 0 fully saturated rings. The van der Waals surface area contributed by atoms with E-state index >= 15 is 0 Å². The lowest BCUT2D eigenvalue weighted by Crippen LogP contribution is -2.05. The lowest BCUT2D eigenvalue weighted by atomic mass is 10.1. The van der Waals surface area contributed by atoms with Crippen LogP contribution in [-0.4, -0.2) is 24.3 Å². The van der Waals surface area contributed by atoms with Gasteiger partial charge in [0.05, 0.1) is 22.9 Å². The second-order valence-electron chi connectivity index (χ2n) is 6.58. The molecule has 0 aliphatic carbocycles. The van der Waals surface area contributed by atoms with E-state index in [1.807, 2.05) is 17.7 Å². The second-order valence-corrected chi connectivity index (χ2v) is 6.58. The molecule has 2 aromatic carbocycles. The Hall–Kier alpha value is -3.82. The van der Waals surface area contributed by atoms with Gasteiger partial charge < -0.3 is 4.57 Å². The van der Waals surface area contributed by atoms with Gasteiger partial charge in [0, 0.05) is 23.7 Å². The van der Waals surface area contributed by atoms with Crippen molar-refractivity contribution < 1.29 is 17.7 Å². The third kappa shape index (κ3) is 2.64. The van der Waals surface area contributed by atoms with Gasteiger partial charge in [-0.15, -0.1) is 0 Å². The average molecular weight is 399 g/mol. The number of nitrogens with one attached hydrogen (secondary N) is 1. The number of nitrogens with zero attached hydrogens (tertiary/aromatic N) is 4. The molecule has 3 aromatic heterocycles. The molecule has 29 heavy (non-hydrogen) atoms. The minimum atomic E-state index is -4.40. The average Bonchev–Trinajstić information content (AvgIpc) is 3.36. The molecule has 1 N–H and O–H groups in total. The van der Waals surface area contributed by atoms with Crippen LogP contribution in [0, 0.1) is 0 Å². The first-order valence-corrected chi connectivity index (χ1v) is 8.52. The number of H-pyrrole nitrogens is 1. The molecule has 0 saturated carbocycles. The molecular weight excluding hydrogens is 387 g/mol. The lowest BCUT2D eigenvalue weighted by molar-refractivity contribution is -0.137. The van der Waals surface area contributed by atoms with Crippen LogP contribution in [0.4, 0.5) is 13.2 Å². The van der Waals surface area contributed by atoms with E-state index in [4.69, 9.17) is 0 Å². The molecule has 0 aliphatic rings. The van der Waals surface area contributed by atoms with Crippen LogP contribution in [0.2, 0.25) is 0 Å². The standard InChI is InChI=1S/C19H12F3N5O2/c1-26-9-23-17-15(26)13-8-10(16-24-18(28)29-25-16)2-7-14(13)27(17)12-5-3-11(4-6-12)19(20,21)22/h2-9H,1H3,(H,24,25,28). The number of rotatable bonds is 2. The van der Waals surface area contributed by atoms with E-state index in [0.29, 0.717) is 16.9 Å². The van der Waals surface area contributed by atoms with E-state index in [9.17, 15) is 18.0 Å². The van der Waals surface area contributed by atoms with Crippen LogP contribution in [0.5, 0.6) is 0 Å². The van der Waals surface area contributed by atoms with Gasteiger partial charge in [0.1, 0.15) is 0 Å². The molecule has 0 spiro atoms. The van der Waals surface area contributed by atoms with Crippen molar-refractivity contribution in [2.45, 2.75) is 6.18 Å². The molecule has 0 bridgehead atoms. The third-order valence-corrected chi connectivity index (χ3v) is 4.79. The number of fused-ring (bicyclic) bond motifs is 3. The first-order valence-electron chi connectivity index (χ1n) is 8.52. The first kappa shape index (κ1) is 17.3. The molecule has 0 saturated heterocycles. The largest absolute Gasteiger partial charge is 0.439 e. The van der Waals surface area contributed by atoms with Crippen molar-refractivity contribution >= 4 is 22.1 Å². The van der Waals surface area contributed by atoms with Gasteiger partial charge in [-0.2, -0.15) is 13.2 Å². The maximum absolute atomic E-state index is 12.9. The predicted molar refractivity (Wildman–Crippen MR) is 98.7 cm³/mol. The SMILES string of the molecule is Cn1cnc2c1c1cc(-c3noc(=O)[nH]3)ccc1n2-c1ccc(C(F)(F)F)cc1. The number of hydrogen-bond acceptors (Lipinski definition) is 4.